The minimum Gasteiger partial charge on any atom is -0.0622 e. The van der Waals surface area contributed by atoms with E-state index in [9.17, 15) is 0 Å². The molecule has 3 rings (SSSR count). The maximum Gasteiger partial charge on any atom is 0.00923 e. The van der Waals surface area contributed by atoms with Crippen molar-refractivity contribution in [3.05, 3.63) is 71.3 Å². The lowest BCUT2D eigenvalue weighted by atomic mass is 9.75. The van der Waals surface area contributed by atoms with E-state index >= 15 is 0 Å². The summed E-state index contributed by atoms with van der Waals surface area (Å²) < 4.78 is 0. The Morgan fingerprint density at radius 1 is 0.765 bits per heavy atom. The molecule has 2 aromatic carbocycles. The zero-order chi connectivity index (χ0) is 11.7. The smallest absolute Gasteiger partial charge is 0.00923 e. The van der Waals surface area contributed by atoms with Crippen LogP contribution in [0.5, 0.6) is 0 Å². The molecule has 0 saturated carbocycles. The molecule has 0 aliphatic heterocycles. The van der Waals surface area contributed by atoms with Crippen molar-refractivity contribution in [1.82, 2.24) is 0 Å². The van der Waals surface area contributed by atoms with Gasteiger partial charge in [-0.2, -0.15) is 0 Å². The van der Waals surface area contributed by atoms with Gasteiger partial charge in [-0.25, -0.2) is 0 Å². The third kappa shape index (κ3) is 1.88. The summed E-state index contributed by atoms with van der Waals surface area (Å²) in [5.74, 6) is 1.31. The van der Waals surface area contributed by atoms with Crippen molar-refractivity contribution in [2.45, 2.75) is 31.6 Å². The van der Waals surface area contributed by atoms with Crippen molar-refractivity contribution >= 4 is 0 Å². The summed E-state index contributed by atoms with van der Waals surface area (Å²) in [7, 11) is 0. The molecule has 86 valence electrons. The van der Waals surface area contributed by atoms with Crippen LogP contribution in [0.25, 0.3) is 0 Å². The van der Waals surface area contributed by atoms with Crippen LogP contribution in [0.15, 0.2) is 54.6 Å². The molecule has 0 nitrogen and oxygen atoms in total. The first-order chi connectivity index (χ1) is 8.36. The molecule has 0 unspecified atom stereocenters. The van der Waals surface area contributed by atoms with Crippen molar-refractivity contribution < 1.29 is 0 Å². The summed E-state index contributed by atoms with van der Waals surface area (Å²) in [6, 6.07) is 19.9. The Morgan fingerprint density at radius 3 is 2.18 bits per heavy atom. The monoisotopic (exact) mass is 222 g/mol. The molecule has 0 N–H and O–H groups in total. The summed E-state index contributed by atoms with van der Waals surface area (Å²) in [5.41, 5.74) is 4.55. The Morgan fingerprint density at radius 2 is 1.41 bits per heavy atom. The molecule has 0 saturated heterocycles. The fourth-order valence-electron chi connectivity index (χ4n) is 3.04. The van der Waals surface area contributed by atoms with Crippen molar-refractivity contribution in [1.29, 1.82) is 0 Å². The van der Waals surface area contributed by atoms with Gasteiger partial charge in [0, 0.05) is 5.92 Å². The average molecular weight is 222 g/mol. The van der Waals surface area contributed by atoms with Gasteiger partial charge in [-0.1, -0.05) is 61.5 Å². The maximum absolute atomic E-state index is 2.35. The summed E-state index contributed by atoms with van der Waals surface area (Å²) in [6.45, 7) is 2.35. The molecule has 1 aliphatic rings. The molecule has 1 aliphatic carbocycles. The molecular formula is C17H18. The van der Waals surface area contributed by atoms with Gasteiger partial charge in [0.15, 0.2) is 0 Å². The van der Waals surface area contributed by atoms with E-state index in [-0.39, 0.29) is 0 Å². The van der Waals surface area contributed by atoms with Crippen molar-refractivity contribution in [2.75, 3.05) is 0 Å². The number of rotatable bonds is 1. The molecule has 0 amide bonds. The average Bonchev–Trinajstić information content (AvgIpc) is 2.41. The first kappa shape index (κ1) is 10.6. The van der Waals surface area contributed by atoms with Gasteiger partial charge in [0.05, 0.1) is 0 Å². The minimum absolute atomic E-state index is 0.601. The number of benzene rings is 2. The van der Waals surface area contributed by atoms with E-state index in [2.05, 4.69) is 61.5 Å². The Balaban J connectivity index is 2.07. The molecule has 0 heteroatoms. The fraction of sp³-hybridized carbons (Fsp3) is 0.294. The highest BCUT2D eigenvalue weighted by atomic mass is 14.3. The lowest BCUT2D eigenvalue weighted by molar-refractivity contribution is 0.545. The van der Waals surface area contributed by atoms with E-state index in [1.807, 2.05) is 0 Å². The summed E-state index contributed by atoms with van der Waals surface area (Å²) in [6.07, 6.45) is 2.58. The quantitative estimate of drug-likeness (QED) is 0.655. The summed E-state index contributed by atoms with van der Waals surface area (Å²) in [5, 5.41) is 0. The lowest BCUT2D eigenvalue weighted by Crippen LogP contribution is -2.13. The molecule has 2 aromatic rings. The van der Waals surface area contributed by atoms with Gasteiger partial charge in [0.1, 0.15) is 0 Å². The highest BCUT2D eigenvalue weighted by Gasteiger charge is 2.24. The van der Waals surface area contributed by atoms with Crippen LogP contribution in [0, 0.1) is 0 Å². The fourth-order valence-corrected chi connectivity index (χ4v) is 3.04. The van der Waals surface area contributed by atoms with Crippen LogP contribution >= 0.6 is 0 Å². The van der Waals surface area contributed by atoms with Crippen molar-refractivity contribution in [3.63, 3.8) is 0 Å². The van der Waals surface area contributed by atoms with Crippen molar-refractivity contribution in [3.8, 4) is 0 Å². The topological polar surface area (TPSA) is 0 Å². The standard InChI is InChI=1S/C17H18/c1-13-11-12-16(14-7-3-2-4-8-14)17-10-6-5-9-15(13)17/h2-10,13,16H,11-12H2,1H3/t13-,16-/m1/s1. The molecule has 0 spiro atoms. The van der Waals surface area contributed by atoms with E-state index in [4.69, 9.17) is 0 Å². The van der Waals surface area contributed by atoms with Crippen LogP contribution < -0.4 is 0 Å². The Bertz CT molecular complexity index is 498. The predicted octanol–water partition coefficient (Wildman–Crippen LogP) is 4.72. The van der Waals surface area contributed by atoms with Crippen LogP contribution in [-0.2, 0) is 0 Å². The zero-order valence-corrected chi connectivity index (χ0v) is 10.3. The van der Waals surface area contributed by atoms with Crippen LogP contribution in [0.2, 0.25) is 0 Å². The Labute approximate surface area is 103 Å². The number of hydrogen-bond donors (Lipinski definition) is 0. The van der Waals surface area contributed by atoms with Crippen molar-refractivity contribution in [2.24, 2.45) is 0 Å². The molecule has 0 heterocycles. The highest BCUT2D eigenvalue weighted by Crippen LogP contribution is 2.41. The van der Waals surface area contributed by atoms with Gasteiger partial charge in [0.2, 0.25) is 0 Å². The van der Waals surface area contributed by atoms with E-state index in [1.54, 1.807) is 5.56 Å². The van der Waals surface area contributed by atoms with E-state index in [0.717, 1.165) is 0 Å². The highest BCUT2D eigenvalue weighted by molar-refractivity contribution is 5.41. The molecule has 2 atom stereocenters. The van der Waals surface area contributed by atoms with Gasteiger partial charge >= 0.3 is 0 Å². The molecule has 0 fully saturated rings. The van der Waals surface area contributed by atoms with Gasteiger partial charge in [-0.15, -0.1) is 0 Å². The number of hydrogen-bond acceptors (Lipinski definition) is 0. The first-order valence-electron chi connectivity index (χ1n) is 6.50. The van der Waals surface area contributed by atoms with E-state index < -0.39 is 0 Å². The summed E-state index contributed by atoms with van der Waals surface area (Å²) >= 11 is 0. The van der Waals surface area contributed by atoms with Crippen LogP contribution in [0.3, 0.4) is 0 Å². The largest absolute Gasteiger partial charge is 0.0622 e. The normalized spacial score (nSPS) is 23.1. The number of fused-ring (bicyclic) bond motifs is 1. The van der Waals surface area contributed by atoms with Gasteiger partial charge in [-0.3, -0.25) is 0 Å². The Hall–Kier alpha value is -1.56. The first-order valence-corrected chi connectivity index (χ1v) is 6.50. The zero-order valence-electron chi connectivity index (χ0n) is 10.3. The van der Waals surface area contributed by atoms with Gasteiger partial charge < -0.3 is 0 Å². The predicted molar refractivity (Wildman–Crippen MR) is 72.4 cm³/mol. The lowest BCUT2D eigenvalue weighted by Gasteiger charge is -2.30. The SMILES string of the molecule is C[C@@H]1CC[C@H](c2ccccc2)c2ccccc21. The van der Waals surface area contributed by atoms with Gasteiger partial charge in [-0.05, 0) is 35.4 Å². The molecule has 17 heavy (non-hydrogen) atoms. The summed E-state index contributed by atoms with van der Waals surface area (Å²) in [4.78, 5) is 0. The van der Waals surface area contributed by atoms with Crippen LogP contribution in [0.1, 0.15) is 48.3 Å². The minimum atomic E-state index is 0.601. The molecule has 0 radical (unpaired) electrons. The molecular weight excluding hydrogens is 204 g/mol. The second-order valence-electron chi connectivity index (χ2n) is 5.07. The van der Waals surface area contributed by atoms with E-state index in [0.29, 0.717) is 11.8 Å². The molecule has 0 aromatic heterocycles. The van der Waals surface area contributed by atoms with E-state index in [1.165, 1.54) is 24.0 Å². The maximum atomic E-state index is 2.35. The third-order valence-electron chi connectivity index (χ3n) is 3.99. The third-order valence-corrected chi connectivity index (χ3v) is 3.99. The second-order valence-corrected chi connectivity index (χ2v) is 5.07. The molecule has 0 bridgehead atoms. The second kappa shape index (κ2) is 4.37. The Kier molecular flexibility index (Phi) is 2.72. The van der Waals surface area contributed by atoms with Crippen LogP contribution in [0.4, 0.5) is 0 Å². The van der Waals surface area contributed by atoms with Gasteiger partial charge in [0.25, 0.3) is 0 Å². The van der Waals surface area contributed by atoms with Crippen LogP contribution in [-0.4, -0.2) is 0 Å².